The molecule has 1 N–H and O–H groups in total. The van der Waals surface area contributed by atoms with E-state index in [2.05, 4.69) is 15.2 Å². The molecule has 1 saturated heterocycles. The van der Waals surface area contributed by atoms with Crippen LogP contribution in [-0.2, 0) is 4.74 Å². The maximum atomic E-state index is 5.40. The predicted octanol–water partition coefficient (Wildman–Crippen LogP) is 2.31. The van der Waals surface area contributed by atoms with Gasteiger partial charge in [-0.25, -0.2) is 4.98 Å². The van der Waals surface area contributed by atoms with Gasteiger partial charge in [0.05, 0.1) is 19.4 Å². The zero-order valence-corrected chi connectivity index (χ0v) is 12.1. The molecule has 3 heterocycles. The average Bonchev–Trinajstić information content (AvgIpc) is 2.99. The second-order valence-corrected chi connectivity index (χ2v) is 5.20. The Labute approximate surface area is 128 Å². The van der Waals surface area contributed by atoms with Crippen LogP contribution in [0.25, 0.3) is 5.65 Å². The van der Waals surface area contributed by atoms with Crippen LogP contribution in [0, 0.1) is 0 Å². The summed E-state index contributed by atoms with van der Waals surface area (Å²) in [4.78, 5) is 6.63. The van der Waals surface area contributed by atoms with E-state index in [9.17, 15) is 0 Å². The maximum Gasteiger partial charge on any atom is 0.156 e. The Morgan fingerprint density at radius 1 is 1.00 bits per heavy atom. The highest BCUT2D eigenvalue weighted by Gasteiger charge is 2.14. The van der Waals surface area contributed by atoms with E-state index in [0.717, 1.165) is 49.3 Å². The van der Waals surface area contributed by atoms with Crippen molar-refractivity contribution >= 4 is 23.0 Å². The van der Waals surface area contributed by atoms with Gasteiger partial charge in [0.2, 0.25) is 0 Å². The molecular formula is C16H17N5O. The normalized spacial score (nSPS) is 15.2. The minimum absolute atomic E-state index is 0.749. The maximum absolute atomic E-state index is 5.40. The summed E-state index contributed by atoms with van der Waals surface area (Å²) >= 11 is 0. The Bertz CT molecular complexity index is 765. The molecule has 0 amide bonds. The number of anilines is 3. The number of nitrogens with one attached hydrogen (secondary N) is 1. The summed E-state index contributed by atoms with van der Waals surface area (Å²) in [5.41, 5.74) is 1.85. The van der Waals surface area contributed by atoms with Gasteiger partial charge in [-0.1, -0.05) is 18.2 Å². The first-order valence-corrected chi connectivity index (χ1v) is 7.40. The molecule has 0 saturated carbocycles. The molecule has 6 nitrogen and oxygen atoms in total. The van der Waals surface area contributed by atoms with Crippen LogP contribution in [0.2, 0.25) is 0 Å². The molecule has 0 bridgehead atoms. The molecular weight excluding hydrogens is 278 g/mol. The van der Waals surface area contributed by atoms with E-state index in [0.29, 0.717) is 0 Å². The summed E-state index contributed by atoms with van der Waals surface area (Å²) in [6.45, 7) is 3.24. The molecule has 0 atom stereocenters. The number of rotatable bonds is 3. The van der Waals surface area contributed by atoms with Gasteiger partial charge in [-0.3, -0.25) is 0 Å². The van der Waals surface area contributed by atoms with E-state index < -0.39 is 0 Å². The fraction of sp³-hybridized carbons (Fsp3) is 0.250. The molecule has 112 valence electrons. The van der Waals surface area contributed by atoms with Crippen molar-refractivity contribution in [2.75, 3.05) is 36.5 Å². The van der Waals surface area contributed by atoms with Crippen molar-refractivity contribution in [1.82, 2.24) is 14.6 Å². The molecule has 22 heavy (non-hydrogen) atoms. The van der Waals surface area contributed by atoms with Crippen LogP contribution in [0.4, 0.5) is 17.3 Å². The Balaban J connectivity index is 1.67. The molecule has 0 aliphatic carbocycles. The van der Waals surface area contributed by atoms with E-state index in [-0.39, 0.29) is 0 Å². The van der Waals surface area contributed by atoms with Crippen LogP contribution in [-0.4, -0.2) is 40.9 Å². The lowest BCUT2D eigenvalue weighted by molar-refractivity contribution is 0.122. The molecule has 1 fully saturated rings. The van der Waals surface area contributed by atoms with Crippen molar-refractivity contribution in [3.63, 3.8) is 0 Å². The molecule has 0 unspecified atom stereocenters. The first-order valence-electron chi connectivity index (χ1n) is 7.40. The van der Waals surface area contributed by atoms with E-state index in [1.54, 1.807) is 6.20 Å². The smallest absolute Gasteiger partial charge is 0.156 e. The van der Waals surface area contributed by atoms with Crippen LogP contribution < -0.4 is 10.2 Å². The Morgan fingerprint density at radius 2 is 1.82 bits per heavy atom. The molecule has 4 rings (SSSR count). The minimum atomic E-state index is 0.749. The molecule has 3 aromatic rings. The van der Waals surface area contributed by atoms with Crippen LogP contribution in [0.1, 0.15) is 0 Å². The summed E-state index contributed by atoms with van der Waals surface area (Å²) in [6.07, 6.45) is 1.80. The summed E-state index contributed by atoms with van der Waals surface area (Å²) in [5, 5.41) is 8.07. The van der Waals surface area contributed by atoms with Crippen molar-refractivity contribution in [2.45, 2.75) is 0 Å². The van der Waals surface area contributed by atoms with Crippen molar-refractivity contribution in [1.29, 1.82) is 0 Å². The highest BCUT2D eigenvalue weighted by Crippen LogP contribution is 2.19. The summed E-state index contributed by atoms with van der Waals surface area (Å²) in [6, 6.07) is 14.0. The fourth-order valence-corrected chi connectivity index (χ4v) is 2.58. The molecule has 6 heteroatoms. The van der Waals surface area contributed by atoms with E-state index in [4.69, 9.17) is 9.84 Å². The van der Waals surface area contributed by atoms with E-state index >= 15 is 0 Å². The van der Waals surface area contributed by atoms with Gasteiger partial charge in [0.25, 0.3) is 0 Å². The summed E-state index contributed by atoms with van der Waals surface area (Å²) in [7, 11) is 0. The highest BCUT2D eigenvalue weighted by molar-refractivity contribution is 5.60. The van der Waals surface area contributed by atoms with Crippen molar-refractivity contribution in [3.05, 3.63) is 48.7 Å². The SMILES string of the molecule is c1ccc(Nc2cnc3ccc(N4CCOCC4)nn23)cc1. The van der Waals surface area contributed by atoms with Gasteiger partial charge in [-0.15, -0.1) is 5.10 Å². The van der Waals surface area contributed by atoms with Gasteiger partial charge in [0, 0.05) is 18.8 Å². The van der Waals surface area contributed by atoms with Gasteiger partial charge >= 0.3 is 0 Å². The molecule has 1 aliphatic rings. The number of morpholine rings is 1. The first kappa shape index (κ1) is 13.1. The predicted molar refractivity (Wildman–Crippen MR) is 85.7 cm³/mol. The number of aromatic nitrogens is 3. The minimum Gasteiger partial charge on any atom is -0.378 e. The van der Waals surface area contributed by atoms with Crippen LogP contribution >= 0.6 is 0 Å². The first-order chi connectivity index (χ1) is 10.9. The number of nitrogens with zero attached hydrogens (tertiary/aromatic N) is 4. The van der Waals surface area contributed by atoms with Crippen LogP contribution in [0.5, 0.6) is 0 Å². The molecule has 1 aromatic carbocycles. The lowest BCUT2D eigenvalue weighted by atomic mass is 10.3. The average molecular weight is 295 g/mol. The third-order valence-corrected chi connectivity index (χ3v) is 3.73. The quantitative estimate of drug-likeness (QED) is 0.803. The molecule has 0 spiro atoms. The topological polar surface area (TPSA) is 54.7 Å². The van der Waals surface area contributed by atoms with Gasteiger partial charge < -0.3 is 15.0 Å². The second-order valence-electron chi connectivity index (χ2n) is 5.20. The highest BCUT2D eigenvalue weighted by atomic mass is 16.5. The van der Waals surface area contributed by atoms with Crippen molar-refractivity contribution in [3.8, 4) is 0 Å². The largest absolute Gasteiger partial charge is 0.378 e. The van der Waals surface area contributed by atoms with Gasteiger partial charge in [0.15, 0.2) is 11.5 Å². The lowest BCUT2D eigenvalue weighted by Gasteiger charge is -2.27. The second kappa shape index (κ2) is 5.65. The number of hydrogen-bond acceptors (Lipinski definition) is 5. The monoisotopic (exact) mass is 295 g/mol. The van der Waals surface area contributed by atoms with E-state index in [1.165, 1.54) is 0 Å². The number of imidazole rings is 1. The Kier molecular flexibility index (Phi) is 3.36. The van der Waals surface area contributed by atoms with Crippen molar-refractivity contribution < 1.29 is 4.74 Å². The molecule has 2 aromatic heterocycles. The molecule has 1 aliphatic heterocycles. The fourth-order valence-electron chi connectivity index (χ4n) is 2.58. The van der Waals surface area contributed by atoms with Crippen molar-refractivity contribution in [2.24, 2.45) is 0 Å². The van der Waals surface area contributed by atoms with Crippen LogP contribution in [0.15, 0.2) is 48.7 Å². The number of para-hydroxylation sites is 1. The van der Waals surface area contributed by atoms with Crippen LogP contribution in [0.3, 0.4) is 0 Å². The number of hydrogen-bond donors (Lipinski definition) is 1. The zero-order chi connectivity index (χ0) is 14.8. The lowest BCUT2D eigenvalue weighted by Crippen LogP contribution is -2.37. The zero-order valence-electron chi connectivity index (χ0n) is 12.1. The van der Waals surface area contributed by atoms with Gasteiger partial charge in [-0.2, -0.15) is 4.52 Å². The molecule has 0 radical (unpaired) electrons. The standard InChI is InChI=1S/C16H17N5O/c1-2-4-13(5-3-1)18-16-12-17-14-6-7-15(19-21(14)16)20-8-10-22-11-9-20/h1-7,12,18H,8-11H2. The third-order valence-electron chi connectivity index (χ3n) is 3.73. The van der Waals surface area contributed by atoms with Gasteiger partial charge in [-0.05, 0) is 24.3 Å². The van der Waals surface area contributed by atoms with E-state index in [1.807, 2.05) is 47.0 Å². The number of benzene rings is 1. The Hall–Kier alpha value is -2.60. The number of ether oxygens (including phenoxy) is 1. The number of fused-ring (bicyclic) bond motifs is 1. The summed E-state index contributed by atoms with van der Waals surface area (Å²) in [5.74, 6) is 1.81. The summed E-state index contributed by atoms with van der Waals surface area (Å²) < 4.78 is 7.24. The third kappa shape index (κ3) is 2.48. The van der Waals surface area contributed by atoms with Gasteiger partial charge in [0.1, 0.15) is 5.82 Å². The Morgan fingerprint density at radius 3 is 2.64 bits per heavy atom.